The van der Waals surface area contributed by atoms with Gasteiger partial charge in [0.05, 0.1) is 23.3 Å². The van der Waals surface area contributed by atoms with Gasteiger partial charge in [0, 0.05) is 19.0 Å². The lowest BCUT2D eigenvalue weighted by Gasteiger charge is -2.23. The first-order valence-corrected chi connectivity index (χ1v) is 8.62. The number of halogens is 3. The number of ether oxygens (including phenoxy) is 1. The van der Waals surface area contributed by atoms with Crippen molar-refractivity contribution in [2.45, 2.75) is 25.2 Å². The molecule has 2 aromatic carbocycles. The molecule has 0 aliphatic carbocycles. The molecule has 1 aromatic heterocycles. The number of alkyl halides is 3. The van der Waals surface area contributed by atoms with E-state index in [4.69, 9.17) is 4.74 Å². The van der Waals surface area contributed by atoms with Gasteiger partial charge in [0.1, 0.15) is 12.4 Å². The molecule has 4 nitrogen and oxygen atoms in total. The maximum Gasteiger partial charge on any atom is 0.416 e. The third-order valence-electron chi connectivity index (χ3n) is 4.65. The lowest BCUT2D eigenvalue weighted by molar-refractivity contribution is -0.137. The van der Waals surface area contributed by atoms with Crippen molar-refractivity contribution < 1.29 is 17.9 Å². The number of hydrogen-bond donors (Lipinski definition) is 2. The normalized spacial score (nSPS) is 16.8. The minimum Gasteiger partial charge on any atom is -0.489 e. The smallest absolute Gasteiger partial charge is 0.416 e. The summed E-state index contributed by atoms with van der Waals surface area (Å²) < 4.78 is 44.2. The Hall–Kier alpha value is -2.80. The number of nitrogens with one attached hydrogen (secondary N) is 2. The van der Waals surface area contributed by atoms with Crippen LogP contribution in [-0.2, 0) is 19.3 Å². The summed E-state index contributed by atoms with van der Waals surface area (Å²) in [6.07, 6.45) is -2.66. The molecule has 1 unspecified atom stereocenters. The SMILES string of the molecule is FC(F)(F)c1cccc(COc2cccc(C3CNCc4[nH]cnc43)c2)c1. The van der Waals surface area contributed by atoms with Crippen LogP contribution < -0.4 is 10.1 Å². The van der Waals surface area contributed by atoms with Gasteiger partial charge in [0.15, 0.2) is 0 Å². The highest BCUT2D eigenvalue weighted by Gasteiger charge is 2.30. The van der Waals surface area contributed by atoms with Crippen molar-refractivity contribution in [2.24, 2.45) is 0 Å². The summed E-state index contributed by atoms with van der Waals surface area (Å²) in [5, 5.41) is 3.35. The van der Waals surface area contributed by atoms with Crippen molar-refractivity contribution in [1.82, 2.24) is 15.3 Å². The zero-order valence-corrected chi connectivity index (χ0v) is 14.4. The van der Waals surface area contributed by atoms with E-state index in [0.717, 1.165) is 42.2 Å². The van der Waals surface area contributed by atoms with Crippen molar-refractivity contribution in [2.75, 3.05) is 6.54 Å². The number of nitrogens with zero attached hydrogens (tertiary/aromatic N) is 1. The van der Waals surface area contributed by atoms with Gasteiger partial charge in [0.2, 0.25) is 0 Å². The molecule has 140 valence electrons. The standard InChI is InChI=1S/C20H18F3N3O/c21-20(22,23)15-5-1-3-13(7-15)11-27-16-6-2-4-14(8-16)17-9-24-10-18-19(17)26-12-25-18/h1-8,12,17,24H,9-11H2,(H,25,26). The highest BCUT2D eigenvalue weighted by Crippen LogP contribution is 2.31. The molecule has 1 aliphatic rings. The third kappa shape index (κ3) is 3.83. The fourth-order valence-corrected chi connectivity index (χ4v) is 3.31. The molecule has 0 fully saturated rings. The van der Waals surface area contributed by atoms with Crippen LogP contribution in [0.25, 0.3) is 0 Å². The van der Waals surface area contributed by atoms with Crippen LogP contribution >= 0.6 is 0 Å². The summed E-state index contributed by atoms with van der Waals surface area (Å²) in [6.45, 7) is 1.61. The molecule has 0 radical (unpaired) electrons. The first-order chi connectivity index (χ1) is 13.0. The number of benzene rings is 2. The lowest BCUT2D eigenvalue weighted by atomic mass is 9.92. The second-order valence-electron chi connectivity index (χ2n) is 6.51. The van der Waals surface area contributed by atoms with Crippen molar-refractivity contribution >= 4 is 0 Å². The van der Waals surface area contributed by atoms with Crippen LogP contribution in [0, 0.1) is 0 Å². The van der Waals surface area contributed by atoms with Crippen LogP contribution in [0.4, 0.5) is 13.2 Å². The quantitative estimate of drug-likeness (QED) is 0.719. The highest BCUT2D eigenvalue weighted by molar-refractivity contribution is 5.38. The minimum atomic E-state index is -4.36. The number of H-pyrrole nitrogens is 1. The van der Waals surface area contributed by atoms with Gasteiger partial charge in [0.25, 0.3) is 0 Å². The summed E-state index contributed by atoms with van der Waals surface area (Å²) in [7, 11) is 0. The van der Waals surface area contributed by atoms with Crippen molar-refractivity contribution in [3.63, 3.8) is 0 Å². The Morgan fingerprint density at radius 1 is 1.11 bits per heavy atom. The van der Waals surface area contributed by atoms with Crippen LogP contribution in [0.2, 0.25) is 0 Å². The van der Waals surface area contributed by atoms with E-state index in [-0.39, 0.29) is 12.5 Å². The Kier molecular flexibility index (Phi) is 4.61. The molecule has 2 N–H and O–H groups in total. The van der Waals surface area contributed by atoms with Gasteiger partial charge in [-0.25, -0.2) is 4.98 Å². The van der Waals surface area contributed by atoms with Gasteiger partial charge in [-0.05, 0) is 35.4 Å². The first kappa shape index (κ1) is 17.6. The molecule has 0 bridgehead atoms. The maximum atomic E-state index is 12.8. The van der Waals surface area contributed by atoms with Gasteiger partial charge < -0.3 is 15.0 Å². The maximum absolute atomic E-state index is 12.8. The highest BCUT2D eigenvalue weighted by atomic mass is 19.4. The van der Waals surface area contributed by atoms with Crippen molar-refractivity contribution in [3.05, 3.63) is 82.9 Å². The molecule has 3 aromatic rings. The monoisotopic (exact) mass is 373 g/mol. The summed E-state index contributed by atoms with van der Waals surface area (Å²) in [5.74, 6) is 0.727. The molecular weight excluding hydrogens is 355 g/mol. The predicted octanol–water partition coefficient (Wildman–Crippen LogP) is 4.24. The summed E-state index contributed by atoms with van der Waals surface area (Å²) in [6, 6.07) is 12.8. The van der Waals surface area contributed by atoms with Gasteiger partial charge in [-0.15, -0.1) is 0 Å². The second-order valence-corrected chi connectivity index (χ2v) is 6.51. The predicted molar refractivity (Wildman–Crippen MR) is 94.4 cm³/mol. The van der Waals surface area contributed by atoms with E-state index in [1.165, 1.54) is 6.07 Å². The number of fused-ring (bicyclic) bond motifs is 1. The molecule has 2 heterocycles. The van der Waals surface area contributed by atoms with E-state index in [1.54, 1.807) is 18.5 Å². The summed E-state index contributed by atoms with van der Waals surface area (Å²) >= 11 is 0. The largest absolute Gasteiger partial charge is 0.489 e. The number of aromatic amines is 1. The van der Waals surface area contributed by atoms with E-state index in [0.29, 0.717) is 11.3 Å². The second kappa shape index (κ2) is 7.08. The van der Waals surface area contributed by atoms with Crippen LogP contribution in [0.5, 0.6) is 5.75 Å². The van der Waals surface area contributed by atoms with Gasteiger partial charge in [-0.1, -0.05) is 24.3 Å². The van der Waals surface area contributed by atoms with E-state index in [9.17, 15) is 13.2 Å². The molecule has 0 saturated heterocycles. The fourth-order valence-electron chi connectivity index (χ4n) is 3.31. The Bertz CT molecular complexity index is 936. The average molecular weight is 373 g/mol. The molecule has 0 saturated carbocycles. The van der Waals surface area contributed by atoms with Crippen LogP contribution in [0.3, 0.4) is 0 Å². The molecule has 7 heteroatoms. The molecule has 1 atom stereocenters. The number of hydrogen-bond acceptors (Lipinski definition) is 3. The third-order valence-corrected chi connectivity index (χ3v) is 4.65. The Balaban J connectivity index is 1.50. The van der Waals surface area contributed by atoms with E-state index < -0.39 is 11.7 Å². The molecule has 0 spiro atoms. The number of imidazole rings is 1. The number of aromatic nitrogens is 2. The fraction of sp³-hybridized carbons (Fsp3) is 0.250. The van der Waals surface area contributed by atoms with Gasteiger partial charge >= 0.3 is 6.18 Å². The molecule has 27 heavy (non-hydrogen) atoms. The Morgan fingerprint density at radius 2 is 1.96 bits per heavy atom. The van der Waals surface area contributed by atoms with E-state index in [1.807, 2.05) is 18.2 Å². The first-order valence-electron chi connectivity index (χ1n) is 8.62. The van der Waals surface area contributed by atoms with Crippen LogP contribution in [0.15, 0.2) is 54.9 Å². The van der Waals surface area contributed by atoms with Crippen molar-refractivity contribution in [1.29, 1.82) is 0 Å². The zero-order chi connectivity index (χ0) is 18.9. The van der Waals surface area contributed by atoms with Crippen LogP contribution in [0.1, 0.15) is 34.0 Å². The van der Waals surface area contributed by atoms with Gasteiger partial charge in [-0.2, -0.15) is 13.2 Å². The molecule has 1 aliphatic heterocycles. The van der Waals surface area contributed by atoms with Crippen LogP contribution in [-0.4, -0.2) is 16.5 Å². The van der Waals surface area contributed by atoms with Gasteiger partial charge in [-0.3, -0.25) is 0 Å². The number of rotatable bonds is 4. The molecule has 4 rings (SSSR count). The van der Waals surface area contributed by atoms with E-state index in [2.05, 4.69) is 15.3 Å². The zero-order valence-electron chi connectivity index (χ0n) is 14.4. The van der Waals surface area contributed by atoms with E-state index >= 15 is 0 Å². The summed E-state index contributed by atoms with van der Waals surface area (Å²) in [5.41, 5.74) is 2.95. The Labute approximate surface area is 154 Å². The minimum absolute atomic E-state index is 0.0734. The summed E-state index contributed by atoms with van der Waals surface area (Å²) in [4.78, 5) is 7.57. The Morgan fingerprint density at radius 3 is 2.81 bits per heavy atom. The topological polar surface area (TPSA) is 49.9 Å². The lowest BCUT2D eigenvalue weighted by Crippen LogP contribution is -2.28. The molecular formula is C20H18F3N3O. The molecule has 0 amide bonds. The average Bonchev–Trinajstić information content (AvgIpc) is 3.15. The van der Waals surface area contributed by atoms with Crippen molar-refractivity contribution in [3.8, 4) is 5.75 Å².